The Kier molecular flexibility index (Phi) is 6.01. The first kappa shape index (κ1) is 25.0. The van der Waals surface area contributed by atoms with Gasteiger partial charge in [0.25, 0.3) is 0 Å². The fraction of sp³-hybridized carbons (Fsp3) is 1.00. The molecule has 0 spiro atoms. The van der Waals surface area contributed by atoms with Crippen molar-refractivity contribution in [3.8, 4) is 0 Å². The monoisotopic (exact) mass is 452 g/mol. The summed E-state index contributed by atoms with van der Waals surface area (Å²) in [5, 5.41) is 0. The van der Waals surface area contributed by atoms with E-state index in [0.717, 1.165) is 0 Å². The number of rotatable bonds is 4. The number of halogens is 14. The molecular formula is C12H10F14O2. The van der Waals surface area contributed by atoms with Gasteiger partial charge in [0.05, 0.1) is 0 Å². The topological polar surface area (TPSA) is 18.5 Å². The molecule has 0 amide bonds. The van der Waals surface area contributed by atoms with Crippen molar-refractivity contribution in [2.24, 2.45) is 0 Å². The van der Waals surface area contributed by atoms with Crippen molar-refractivity contribution in [3.63, 3.8) is 0 Å². The summed E-state index contributed by atoms with van der Waals surface area (Å²) in [7, 11) is 0. The minimum atomic E-state index is -6.94. The number of hydrogen-bond donors (Lipinski definition) is 0. The molecule has 0 aromatic rings. The van der Waals surface area contributed by atoms with Crippen LogP contribution in [0.3, 0.4) is 0 Å². The maximum absolute atomic E-state index is 14.3. The van der Waals surface area contributed by atoms with Crippen LogP contribution >= 0.6 is 0 Å². The highest BCUT2D eigenvalue weighted by Gasteiger charge is 2.87. The second-order valence-corrected chi connectivity index (χ2v) is 5.69. The molecule has 0 saturated carbocycles. The Labute approximate surface area is 146 Å². The normalized spacial score (nSPS) is 26.0. The third kappa shape index (κ3) is 3.39. The molecule has 28 heavy (non-hydrogen) atoms. The van der Waals surface area contributed by atoms with Crippen LogP contribution in [-0.4, -0.2) is 54.5 Å². The van der Waals surface area contributed by atoms with Gasteiger partial charge in [-0.25, -0.2) is 8.78 Å². The van der Waals surface area contributed by atoms with Crippen LogP contribution in [0.15, 0.2) is 0 Å². The highest BCUT2D eigenvalue weighted by atomic mass is 19.4. The maximum atomic E-state index is 14.3. The van der Waals surface area contributed by atoms with Crippen LogP contribution in [0.25, 0.3) is 0 Å². The molecule has 1 aliphatic heterocycles. The zero-order chi connectivity index (χ0) is 22.6. The number of alkyl halides is 14. The van der Waals surface area contributed by atoms with Gasteiger partial charge in [-0.1, -0.05) is 0 Å². The largest absolute Gasteiger partial charge is 0.437 e. The summed E-state index contributed by atoms with van der Waals surface area (Å²) in [6.07, 6.45) is -35.7. The quantitative estimate of drug-likeness (QED) is 0.520. The third-order valence-corrected chi connectivity index (χ3v) is 4.02. The van der Waals surface area contributed by atoms with E-state index in [4.69, 9.17) is 0 Å². The van der Waals surface area contributed by atoms with Gasteiger partial charge in [0, 0.05) is 13.0 Å². The molecular weight excluding hydrogens is 442 g/mol. The van der Waals surface area contributed by atoms with Gasteiger partial charge in [-0.2, -0.15) is 52.7 Å². The van der Waals surface area contributed by atoms with Crippen LogP contribution in [0.5, 0.6) is 0 Å². The molecule has 1 fully saturated rings. The summed E-state index contributed by atoms with van der Waals surface area (Å²) in [5.74, 6) is -4.73. The predicted molar refractivity (Wildman–Crippen MR) is 60.4 cm³/mol. The Morgan fingerprint density at radius 1 is 0.750 bits per heavy atom. The fourth-order valence-electron chi connectivity index (χ4n) is 2.76. The van der Waals surface area contributed by atoms with Crippen LogP contribution in [0.1, 0.15) is 19.8 Å². The smallest absolute Gasteiger partial charge is 0.347 e. The molecule has 0 N–H and O–H groups in total. The third-order valence-electron chi connectivity index (χ3n) is 4.02. The molecule has 1 rings (SSSR count). The van der Waals surface area contributed by atoms with Crippen molar-refractivity contribution in [1.29, 1.82) is 0 Å². The van der Waals surface area contributed by atoms with E-state index in [1.807, 2.05) is 0 Å². The first-order valence-electron chi connectivity index (χ1n) is 7.09. The van der Waals surface area contributed by atoms with Crippen molar-refractivity contribution in [2.45, 2.75) is 67.7 Å². The van der Waals surface area contributed by atoms with Crippen LogP contribution in [0.4, 0.5) is 61.5 Å². The average molecular weight is 452 g/mol. The molecule has 16 heteroatoms. The minimum Gasteiger partial charge on any atom is -0.347 e. The van der Waals surface area contributed by atoms with Crippen molar-refractivity contribution < 1.29 is 70.9 Å². The zero-order valence-electron chi connectivity index (χ0n) is 13.3. The molecule has 1 saturated heterocycles. The second kappa shape index (κ2) is 6.74. The zero-order valence-corrected chi connectivity index (χ0v) is 13.3. The summed E-state index contributed by atoms with van der Waals surface area (Å²) in [5.41, 5.74) is -12.9. The van der Waals surface area contributed by atoms with Gasteiger partial charge < -0.3 is 9.47 Å². The molecule has 2 unspecified atom stereocenters. The summed E-state index contributed by atoms with van der Waals surface area (Å²) < 4.78 is 189. The van der Waals surface area contributed by atoms with E-state index in [9.17, 15) is 61.5 Å². The van der Waals surface area contributed by atoms with Gasteiger partial charge in [-0.15, -0.1) is 0 Å². The summed E-state index contributed by atoms with van der Waals surface area (Å²) in [6.45, 7) is -0.580. The summed E-state index contributed by atoms with van der Waals surface area (Å²) >= 11 is 0. The predicted octanol–water partition coefficient (Wildman–Crippen LogP) is 5.56. The van der Waals surface area contributed by atoms with E-state index in [0.29, 0.717) is 6.92 Å². The molecule has 0 aromatic heterocycles. The van der Waals surface area contributed by atoms with Gasteiger partial charge in [0.2, 0.25) is 5.79 Å². The lowest BCUT2D eigenvalue weighted by molar-refractivity contribution is -0.448. The fourth-order valence-corrected chi connectivity index (χ4v) is 2.76. The molecule has 0 radical (unpaired) electrons. The van der Waals surface area contributed by atoms with Crippen LogP contribution < -0.4 is 0 Å². The van der Waals surface area contributed by atoms with Gasteiger partial charge in [-0.05, 0) is 13.3 Å². The minimum absolute atomic E-state index is 0.668. The van der Waals surface area contributed by atoms with Crippen molar-refractivity contribution in [3.05, 3.63) is 0 Å². The highest BCUT2D eigenvalue weighted by molar-refractivity contribution is 5.13. The van der Waals surface area contributed by atoms with Crippen LogP contribution in [-0.2, 0) is 9.47 Å². The molecule has 2 nitrogen and oxygen atoms in total. The van der Waals surface area contributed by atoms with E-state index in [1.165, 1.54) is 0 Å². The lowest BCUT2D eigenvalue weighted by Crippen LogP contribution is -2.70. The Balaban J connectivity index is 3.63. The lowest BCUT2D eigenvalue weighted by atomic mass is 9.89. The van der Waals surface area contributed by atoms with E-state index < -0.39 is 67.4 Å². The number of hydrogen-bond acceptors (Lipinski definition) is 2. The molecule has 168 valence electrons. The Bertz CT molecular complexity index is 531. The Hall–Kier alpha value is -1.06. The highest BCUT2D eigenvalue weighted by Crippen LogP contribution is 2.61. The van der Waals surface area contributed by atoms with E-state index in [1.54, 1.807) is 0 Å². The van der Waals surface area contributed by atoms with Crippen molar-refractivity contribution >= 4 is 0 Å². The first-order chi connectivity index (χ1) is 12.1. The molecule has 0 aromatic carbocycles. The van der Waals surface area contributed by atoms with Crippen molar-refractivity contribution in [2.75, 3.05) is 6.61 Å². The summed E-state index contributed by atoms with van der Waals surface area (Å²) in [6, 6.07) is 0. The van der Waals surface area contributed by atoms with E-state index in [-0.39, 0.29) is 0 Å². The standard InChI is InChI=1S/C12H10F14O2/c1-2-27-6(8(14,11(21,22)23)12(24,25)26)4-3-5(28-6)7(13,9(15,16)17)10(18,19)20/h5H,2-4H2,1H3. The average Bonchev–Trinajstić information content (AvgIpc) is 2.86. The first-order valence-corrected chi connectivity index (χ1v) is 7.09. The summed E-state index contributed by atoms with van der Waals surface area (Å²) in [4.78, 5) is 0. The van der Waals surface area contributed by atoms with E-state index in [2.05, 4.69) is 9.47 Å². The lowest BCUT2D eigenvalue weighted by Gasteiger charge is -2.44. The van der Waals surface area contributed by atoms with Crippen LogP contribution in [0.2, 0.25) is 0 Å². The Morgan fingerprint density at radius 2 is 1.14 bits per heavy atom. The molecule has 0 bridgehead atoms. The molecule has 1 aliphatic rings. The number of ether oxygens (including phenoxy) is 2. The van der Waals surface area contributed by atoms with E-state index >= 15 is 0 Å². The van der Waals surface area contributed by atoms with Crippen LogP contribution in [0, 0.1) is 0 Å². The Morgan fingerprint density at radius 3 is 1.43 bits per heavy atom. The molecule has 1 heterocycles. The molecule has 2 atom stereocenters. The SMILES string of the molecule is CCOC1(C(F)(C(F)(F)F)C(F)(F)F)CCC(C(F)(C(F)(F)F)C(F)(F)F)O1. The van der Waals surface area contributed by atoms with Gasteiger partial charge in [0.1, 0.15) is 6.10 Å². The molecule has 0 aliphatic carbocycles. The van der Waals surface area contributed by atoms with Crippen molar-refractivity contribution in [1.82, 2.24) is 0 Å². The second-order valence-electron chi connectivity index (χ2n) is 5.69. The van der Waals surface area contributed by atoms with Gasteiger partial charge in [0.15, 0.2) is 0 Å². The van der Waals surface area contributed by atoms with Gasteiger partial charge >= 0.3 is 36.0 Å². The van der Waals surface area contributed by atoms with Gasteiger partial charge in [-0.3, -0.25) is 0 Å². The maximum Gasteiger partial charge on any atom is 0.437 e.